The van der Waals surface area contributed by atoms with Crippen LogP contribution in [0, 0.1) is 13.8 Å². The second-order valence-corrected chi connectivity index (χ2v) is 4.54. The molecule has 0 fully saturated rings. The number of rotatable bonds is 3. The van der Waals surface area contributed by atoms with E-state index >= 15 is 0 Å². The van der Waals surface area contributed by atoms with Crippen LogP contribution in [0.15, 0.2) is 35.1 Å². The Morgan fingerprint density at radius 2 is 1.95 bits per heavy atom. The van der Waals surface area contributed by atoms with Crippen molar-refractivity contribution in [1.29, 1.82) is 0 Å². The minimum absolute atomic E-state index is 0.252. The molecule has 6 nitrogen and oxygen atoms in total. The van der Waals surface area contributed by atoms with E-state index in [4.69, 9.17) is 4.84 Å². The molecule has 102 valence electrons. The number of nitrogens with one attached hydrogen (secondary N) is 1. The highest BCUT2D eigenvalue weighted by atomic mass is 16.7. The van der Waals surface area contributed by atoms with Crippen molar-refractivity contribution in [3.05, 3.63) is 57.9 Å². The molecular formula is C14H14N4O2. The number of nitrogens with zero attached hydrogens (tertiary/aromatic N) is 3. The molecule has 0 saturated heterocycles. The van der Waals surface area contributed by atoms with E-state index < -0.39 is 0 Å². The average Bonchev–Trinajstić information content (AvgIpc) is 2.74. The van der Waals surface area contributed by atoms with Crippen LogP contribution < -0.4 is 10.4 Å². The average molecular weight is 270 g/mol. The van der Waals surface area contributed by atoms with Gasteiger partial charge in [-0.2, -0.15) is 0 Å². The molecule has 0 amide bonds. The van der Waals surface area contributed by atoms with E-state index in [-0.39, 0.29) is 5.56 Å². The minimum Gasteiger partial charge on any atom is -0.406 e. The van der Waals surface area contributed by atoms with Crippen molar-refractivity contribution in [2.24, 2.45) is 0 Å². The smallest absolute Gasteiger partial charge is 0.279 e. The highest BCUT2D eigenvalue weighted by Crippen LogP contribution is 2.09. The summed E-state index contributed by atoms with van der Waals surface area (Å²) in [5, 5.41) is 0. The van der Waals surface area contributed by atoms with Gasteiger partial charge in [-0.3, -0.25) is 4.79 Å². The first-order chi connectivity index (χ1) is 9.65. The van der Waals surface area contributed by atoms with Gasteiger partial charge in [0.05, 0.1) is 0 Å². The molecule has 2 heterocycles. The maximum Gasteiger partial charge on any atom is 0.279 e. The van der Waals surface area contributed by atoms with Gasteiger partial charge >= 0.3 is 0 Å². The predicted octanol–water partition coefficient (Wildman–Crippen LogP) is 1.37. The lowest BCUT2D eigenvalue weighted by Crippen LogP contribution is -2.15. The second-order valence-electron chi connectivity index (χ2n) is 4.54. The van der Waals surface area contributed by atoms with Crippen molar-refractivity contribution in [3.8, 4) is 0 Å². The van der Waals surface area contributed by atoms with Crippen LogP contribution in [-0.2, 0) is 6.61 Å². The first-order valence-corrected chi connectivity index (χ1v) is 6.28. The van der Waals surface area contributed by atoms with E-state index in [1.165, 1.54) is 4.73 Å². The maximum atomic E-state index is 11.8. The van der Waals surface area contributed by atoms with E-state index in [9.17, 15) is 4.79 Å². The molecule has 0 spiro atoms. The number of aryl methyl sites for hydroxylation is 2. The SMILES string of the molecule is Cc1nc2c(nc(C)n2OCc2ccccc2)c(=O)[nH]1. The molecule has 1 aromatic carbocycles. The molecule has 0 unspecified atom stereocenters. The first kappa shape index (κ1) is 12.4. The van der Waals surface area contributed by atoms with E-state index in [1.54, 1.807) is 13.8 Å². The number of imidazole rings is 1. The van der Waals surface area contributed by atoms with Crippen molar-refractivity contribution in [1.82, 2.24) is 19.7 Å². The molecular weight excluding hydrogens is 256 g/mol. The fraction of sp³-hybridized carbons (Fsp3) is 0.214. The van der Waals surface area contributed by atoms with Gasteiger partial charge in [0, 0.05) is 0 Å². The summed E-state index contributed by atoms with van der Waals surface area (Å²) in [6.07, 6.45) is 0. The summed E-state index contributed by atoms with van der Waals surface area (Å²) in [5.74, 6) is 1.13. The van der Waals surface area contributed by atoms with Crippen molar-refractivity contribution >= 4 is 11.2 Å². The third kappa shape index (κ3) is 2.16. The Bertz CT molecular complexity index is 805. The Balaban J connectivity index is 1.99. The quantitative estimate of drug-likeness (QED) is 0.780. The van der Waals surface area contributed by atoms with Gasteiger partial charge in [0.25, 0.3) is 5.56 Å². The lowest BCUT2D eigenvalue weighted by Gasteiger charge is -2.08. The Labute approximate surface area is 115 Å². The van der Waals surface area contributed by atoms with Crippen LogP contribution in [0.1, 0.15) is 17.2 Å². The summed E-state index contributed by atoms with van der Waals surface area (Å²) in [5.41, 5.74) is 1.52. The number of hydrogen-bond donors (Lipinski definition) is 1. The van der Waals surface area contributed by atoms with Gasteiger partial charge in [0.15, 0.2) is 5.52 Å². The highest BCUT2D eigenvalue weighted by Gasteiger charge is 2.13. The molecule has 20 heavy (non-hydrogen) atoms. The molecule has 2 aromatic heterocycles. The van der Waals surface area contributed by atoms with E-state index in [0.29, 0.717) is 29.4 Å². The van der Waals surface area contributed by atoms with E-state index in [2.05, 4.69) is 15.0 Å². The van der Waals surface area contributed by atoms with Crippen LogP contribution >= 0.6 is 0 Å². The molecule has 1 N–H and O–H groups in total. The number of aromatic amines is 1. The summed E-state index contributed by atoms with van der Waals surface area (Å²) in [4.78, 5) is 28.7. The molecule has 0 aliphatic rings. The van der Waals surface area contributed by atoms with Gasteiger partial charge in [-0.15, -0.1) is 4.73 Å². The summed E-state index contributed by atoms with van der Waals surface area (Å²) < 4.78 is 1.50. The summed E-state index contributed by atoms with van der Waals surface area (Å²) in [6, 6.07) is 9.79. The molecule has 3 aromatic rings. The van der Waals surface area contributed by atoms with Crippen molar-refractivity contribution in [2.75, 3.05) is 0 Å². The van der Waals surface area contributed by atoms with Crippen LogP contribution in [0.25, 0.3) is 11.2 Å². The zero-order chi connectivity index (χ0) is 14.1. The third-order valence-corrected chi connectivity index (χ3v) is 2.96. The normalized spacial score (nSPS) is 10.9. The van der Waals surface area contributed by atoms with Crippen LogP contribution in [0.5, 0.6) is 0 Å². The van der Waals surface area contributed by atoms with Gasteiger partial charge < -0.3 is 9.82 Å². The number of benzene rings is 1. The minimum atomic E-state index is -0.252. The van der Waals surface area contributed by atoms with Gasteiger partial charge in [-0.25, -0.2) is 9.97 Å². The standard InChI is InChI=1S/C14H14N4O2/c1-9-15-13-12(14(19)16-9)17-10(2)18(13)20-8-11-6-4-3-5-7-11/h3-7H,8H2,1-2H3,(H,15,16,19). The Morgan fingerprint density at radius 3 is 2.70 bits per heavy atom. The molecule has 0 radical (unpaired) electrons. The molecule has 0 atom stereocenters. The Morgan fingerprint density at radius 1 is 1.20 bits per heavy atom. The zero-order valence-electron chi connectivity index (χ0n) is 11.3. The van der Waals surface area contributed by atoms with E-state index in [0.717, 1.165) is 5.56 Å². The van der Waals surface area contributed by atoms with Crippen molar-refractivity contribution in [2.45, 2.75) is 20.5 Å². The van der Waals surface area contributed by atoms with Crippen LogP contribution in [-0.4, -0.2) is 19.7 Å². The van der Waals surface area contributed by atoms with Gasteiger partial charge in [0.2, 0.25) is 5.65 Å². The summed E-state index contributed by atoms with van der Waals surface area (Å²) in [7, 11) is 0. The summed E-state index contributed by atoms with van der Waals surface area (Å²) >= 11 is 0. The van der Waals surface area contributed by atoms with Crippen molar-refractivity contribution < 1.29 is 4.84 Å². The lowest BCUT2D eigenvalue weighted by molar-refractivity contribution is 0.0999. The van der Waals surface area contributed by atoms with E-state index in [1.807, 2.05) is 30.3 Å². The number of fused-ring (bicyclic) bond motifs is 1. The van der Waals surface area contributed by atoms with Gasteiger partial charge in [-0.1, -0.05) is 30.3 Å². The predicted molar refractivity (Wildman–Crippen MR) is 74.3 cm³/mol. The summed E-state index contributed by atoms with van der Waals surface area (Å²) in [6.45, 7) is 3.90. The Kier molecular flexibility index (Phi) is 2.98. The number of H-pyrrole nitrogens is 1. The Hall–Kier alpha value is -2.63. The molecule has 0 aliphatic carbocycles. The molecule has 0 saturated carbocycles. The largest absolute Gasteiger partial charge is 0.406 e. The maximum absolute atomic E-state index is 11.8. The van der Waals surface area contributed by atoms with Crippen LogP contribution in [0.4, 0.5) is 0 Å². The third-order valence-electron chi connectivity index (χ3n) is 2.96. The molecule has 0 aliphatic heterocycles. The van der Waals surface area contributed by atoms with Crippen LogP contribution in [0.3, 0.4) is 0 Å². The highest BCUT2D eigenvalue weighted by molar-refractivity contribution is 5.69. The fourth-order valence-corrected chi connectivity index (χ4v) is 2.04. The van der Waals surface area contributed by atoms with Gasteiger partial charge in [0.1, 0.15) is 18.3 Å². The number of hydrogen-bond acceptors (Lipinski definition) is 4. The second kappa shape index (κ2) is 4.80. The molecule has 0 bridgehead atoms. The van der Waals surface area contributed by atoms with Gasteiger partial charge in [-0.05, 0) is 19.4 Å². The van der Waals surface area contributed by atoms with Crippen molar-refractivity contribution in [3.63, 3.8) is 0 Å². The fourth-order valence-electron chi connectivity index (χ4n) is 2.04. The topological polar surface area (TPSA) is 72.8 Å². The monoisotopic (exact) mass is 270 g/mol. The zero-order valence-corrected chi connectivity index (χ0v) is 11.3. The van der Waals surface area contributed by atoms with Crippen LogP contribution in [0.2, 0.25) is 0 Å². The first-order valence-electron chi connectivity index (χ1n) is 6.28. The molecule has 3 rings (SSSR count). The lowest BCUT2D eigenvalue weighted by atomic mass is 10.2. The molecule has 6 heteroatoms. The number of aromatic nitrogens is 4.